The number of carboxylic acids is 1. The second kappa shape index (κ2) is 6.51. The molecule has 2 N–H and O–H groups in total. The number of hydrogen-bond acceptors (Lipinski definition) is 2. The number of carboxylic acid groups (broad SMARTS) is 1. The molecule has 0 aliphatic heterocycles. The standard InChI is InChI=1S/C12H21NO3/c1-2-3-8-11(14)13-10-7-5-4-6-9(10)12(15)16/h9-10H,2-8H2,1H3,(H,13,14)(H,15,16). The highest BCUT2D eigenvalue weighted by Gasteiger charge is 2.31. The third kappa shape index (κ3) is 3.83. The summed E-state index contributed by atoms with van der Waals surface area (Å²) in [5.74, 6) is -1.17. The highest BCUT2D eigenvalue weighted by atomic mass is 16.4. The number of aliphatic carboxylic acids is 1. The van der Waals surface area contributed by atoms with Crippen molar-refractivity contribution in [2.45, 2.75) is 57.9 Å². The van der Waals surface area contributed by atoms with Gasteiger partial charge in [-0.1, -0.05) is 26.2 Å². The van der Waals surface area contributed by atoms with Gasteiger partial charge in [0.25, 0.3) is 0 Å². The van der Waals surface area contributed by atoms with E-state index in [9.17, 15) is 9.59 Å². The first-order valence-corrected chi connectivity index (χ1v) is 6.17. The zero-order valence-electron chi connectivity index (χ0n) is 9.87. The predicted molar refractivity (Wildman–Crippen MR) is 61.0 cm³/mol. The van der Waals surface area contributed by atoms with Crippen molar-refractivity contribution < 1.29 is 14.7 Å². The van der Waals surface area contributed by atoms with Gasteiger partial charge in [0.2, 0.25) is 5.91 Å². The summed E-state index contributed by atoms with van der Waals surface area (Å²) in [6.45, 7) is 2.04. The summed E-state index contributed by atoms with van der Waals surface area (Å²) < 4.78 is 0. The lowest BCUT2D eigenvalue weighted by Gasteiger charge is -2.29. The molecule has 4 heteroatoms. The van der Waals surface area contributed by atoms with Crippen molar-refractivity contribution in [3.05, 3.63) is 0 Å². The minimum Gasteiger partial charge on any atom is -0.481 e. The van der Waals surface area contributed by atoms with Crippen LogP contribution in [0, 0.1) is 5.92 Å². The van der Waals surface area contributed by atoms with Crippen molar-refractivity contribution in [1.29, 1.82) is 0 Å². The summed E-state index contributed by atoms with van der Waals surface area (Å²) in [5.41, 5.74) is 0. The van der Waals surface area contributed by atoms with Crippen molar-refractivity contribution in [2.24, 2.45) is 5.92 Å². The van der Waals surface area contributed by atoms with Crippen LogP contribution in [0.25, 0.3) is 0 Å². The molecule has 4 nitrogen and oxygen atoms in total. The maximum absolute atomic E-state index is 11.5. The molecule has 2 unspecified atom stereocenters. The molecular weight excluding hydrogens is 206 g/mol. The molecule has 1 rings (SSSR count). The molecule has 16 heavy (non-hydrogen) atoms. The Hall–Kier alpha value is -1.06. The molecule has 0 saturated heterocycles. The SMILES string of the molecule is CCCCC(=O)NC1CCCCC1C(=O)O. The van der Waals surface area contributed by atoms with Crippen LogP contribution in [0.15, 0.2) is 0 Å². The van der Waals surface area contributed by atoms with E-state index < -0.39 is 5.97 Å². The van der Waals surface area contributed by atoms with Crippen LogP contribution in [0.3, 0.4) is 0 Å². The molecule has 0 radical (unpaired) electrons. The van der Waals surface area contributed by atoms with Crippen LogP contribution in [-0.2, 0) is 9.59 Å². The summed E-state index contributed by atoms with van der Waals surface area (Å²) in [7, 11) is 0. The van der Waals surface area contributed by atoms with Crippen molar-refractivity contribution in [3.8, 4) is 0 Å². The number of carbonyl (C=O) groups is 2. The van der Waals surface area contributed by atoms with E-state index in [0.29, 0.717) is 12.8 Å². The Bertz CT molecular complexity index is 253. The minimum absolute atomic E-state index is 0. The quantitative estimate of drug-likeness (QED) is 0.754. The number of unbranched alkanes of at least 4 members (excludes halogenated alkanes) is 1. The fourth-order valence-corrected chi connectivity index (χ4v) is 2.22. The highest BCUT2D eigenvalue weighted by Crippen LogP contribution is 2.24. The van der Waals surface area contributed by atoms with Crippen LogP contribution < -0.4 is 5.32 Å². The van der Waals surface area contributed by atoms with Gasteiger partial charge in [0.15, 0.2) is 0 Å². The van der Waals surface area contributed by atoms with Gasteiger partial charge in [0.05, 0.1) is 5.92 Å². The molecule has 0 aromatic rings. The van der Waals surface area contributed by atoms with E-state index in [-0.39, 0.29) is 17.9 Å². The number of nitrogens with one attached hydrogen (secondary N) is 1. The molecule has 1 amide bonds. The summed E-state index contributed by atoms with van der Waals surface area (Å²) in [4.78, 5) is 22.5. The lowest BCUT2D eigenvalue weighted by molar-refractivity contribution is -0.144. The summed E-state index contributed by atoms with van der Waals surface area (Å²) >= 11 is 0. The van der Waals surface area contributed by atoms with E-state index in [1.807, 2.05) is 6.92 Å². The van der Waals surface area contributed by atoms with Gasteiger partial charge in [0.1, 0.15) is 0 Å². The molecule has 1 saturated carbocycles. The first-order chi connectivity index (χ1) is 7.65. The molecule has 1 fully saturated rings. The van der Waals surface area contributed by atoms with Gasteiger partial charge in [-0.25, -0.2) is 0 Å². The Balaban J connectivity index is 2.43. The van der Waals surface area contributed by atoms with Gasteiger partial charge in [0, 0.05) is 12.5 Å². The van der Waals surface area contributed by atoms with Crippen molar-refractivity contribution in [3.63, 3.8) is 0 Å². The van der Waals surface area contributed by atoms with E-state index in [2.05, 4.69) is 5.32 Å². The van der Waals surface area contributed by atoms with Gasteiger partial charge in [-0.15, -0.1) is 0 Å². The fourth-order valence-electron chi connectivity index (χ4n) is 2.22. The summed E-state index contributed by atoms with van der Waals surface area (Å²) in [6, 6.07) is -0.157. The molecule has 1 aliphatic rings. The molecule has 92 valence electrons. The van der Waals surface area contributed by atoms with E-state index in [4.69, 9.17) is 5.11 Å². The van der Waals surface area contributed by atoms with Crippen LogP contribution in [-0.4, -0.2) is 23.0 Å². The van der Waals surface area contributed by atoms with Crippen molar-refractivity contribution >= 4 is 11.9 Å². The average Bonchev–Trinajstić information content (AvgIpc) is 2.27. The van der Waals surface area contributed by atoms with Gasteiger partial charge in [-0.2, -0.15) is 0 Å². The number of amides is 1. The van der Waals surface area contributed by atoms with Crippen LogP contribution in [0.4, 0.5) is 0 Å². The highest BCUT2D eigenvalue weighted by molar-refractivity contribution is 5.78. The monoisotopic (exact) mass is 227 g/mol. The number of carbonyl (C=O) groups excluding carboxylic acids is 1. The Labute approximate surface area is 96.4 Å². The first kappa shape index (κ1) is 13.0. The summed E-state index contributed by atoms with van der Waals surface area (Å²) in [6.07, 6.45) is 5.83. The third-order valence-electron chi connectivity index (χ3n) is 3.19. The number of hydrogen-bond donors (Lipinski definition) is 2. The molecule has 2 atom stereocenters. The molecule has 1 aliphatic carbocycles. The largest absolute Gasteiger partial charge is 0.481 e. The van der Waals surface area contributed by atoms with Gasteiger partial charge < -0.3 is 10.4 Å². The van der Waals surface area contributed by atoms with Crippen LogP contribution in [0.5, 0.6) is 0 Å². The Kier molecular flexibility index (Phi) is 5.29. The topological polar surface area (TPSA) is 66.4 Å². The van der Waals surface area contributed by atoms with Crippen LogP contribution in [0.1, 0.15) is 51.9 Å². The molecular formula is C12H21NO3. The maximum Gasteiger partial charge on any atom is 0.308 e. The zero-order chi connectivity index (χ0) is 12.0. The van der Waals surface area contributed by atoms with Crippen LogP contribution >= 0.6 is 0 Å². The van der Waals surface area contributed by atoms with E-state index in [1.165, 1.54) is 0 Å². The third-order valence-corrected chi connectivity index (χ3v) is 3.19. The predicted octanol–water partition coefficient (Wildman–Crippen LogP) is 1.94. The second-order valence-electron chi connectivity index (χ2n) is 4.51. The molecule has 0 aromatic carbocycles. The molecule has 0 spiro atoms. The molecule has 0 heterocycles. The average molecular weight is 227 g/mol. The van der Waals surface area contributed by atoms with E-state index >= 15 is 0 Å². The van der Waals surface area contributed by atoms with Crippen LogP contribution in [0.2, 0.25) is 0 Å². The molecule has 0 aromatic heterocycles. The summed E-state index contributed by atoms with van der Waals surface area (Å²) in [5, 5.41) is 11.9. The van der Waals surface area contributed by atoms with Crippen molar-refractivity contribution in [1.82, 2.24) is 5.32 Å². The second-order valence-corrected chi connectivity index (χ2v) is 4.51. The van der Waals surface area contributed by atoms with Gasteiger partial charge in [-0.3, -0.25) is 9.59 Å². The van der Waals surface area contributed by atoms with Gasteiger partial charge >= 0.3 is 5.97 Å². The van der Waals surface area contributed by atoms with E-state index in [0.717, 1.165) is 32.1 Å². The smallest absolute Gasteiger partial charge is 0.308 e. The lowest BCUT2D eigenvalue weighted by Crippen LogP contribution is -2.45. The lowest BCUT2D eigenvalue weighted by atomic mass is 9.84. The maximum atomic E-state index is 11.5. The Morgan fingerprint density at radius 2 is 2.00 bits per heavy atom. The van der Waals surface area contributed by atoms with Crippen molar-refractivity contribution in [2.75, 3.05) is 0 Å². The molecule has 0 bridgehead atoms. The number of rotatable bonds is 5. The van der Waals surface area contributed by atoms with Gasteiger partial charge in [-0.05, 0) is 19.3 Å². The Morgan fingerprint density at radius 3 is 2.62 bits per heavy atom. The zero-order valence-corrected chi connectivity index (χ0v) is 9.87. The minimum atomic E-state index is -0.777. The fraction of sp³-hybridized carbons (Fsp3) is 0.833. The normalized spacial score (nSPS) is 25.1. The van der Waals surface area contributed by atoms with E-state index in [1.54, 1.807) is 0 Å². The first-order valence-electron chi connectivity index (χ1n) is 6.17. The Morgan fingerprint density at radius 1 is 1.31 bits per heavy atom.